The number of amides is 1. The number of carbonyl (C=O) groups is 1. The van der Waals surface area contributed by atoms with Crippen LogP contribution in [-0.2, 0) is 16.1 Å². The van der Waals surface area contributed by atoms with Crippen LogP contribution in [-0.4, -0.2) is 35.5 Å². The Morgan fingerprint density at radius 1 is 1.42 bits per heavy atom. The number of aromatic nitrogens is 1. The van der Waals surface area contributed by atoms with E-state index in [1.807, 2.05) is 53.7 Å². The summed E-state index contributed by atoms with van der Waals surface area (Å²) in [5.74, 6) is 0.480. The predicted octanol–water partition coefficient (Wildman–Crippen LogP) is 3.70. The fraction of sp³-hybridized carbons (Fsp3) is 0.474. The van der Waals surface area contributed by atoms with Gasteiger partial charge in [0.2, 0.25) is 5.91 Å². The third kappa shape index (κ3) is 4.42. The summed E-state index contributed by atoms with van der Waals surface area (Å²) in [5.41, 5.74) is 1.14. The van der Waals surface area contributed by atoms with Crippen LogP contribution < -0.4 is 0 Å². The van der Waals surface area contributed by atoms with E-state index in [-0.39, 0.29) is 11.8 Å². The quantitative estimate of drug-likeness (QED) is 0.802. The molecule has 24 heavy (non-hydrogen) atoms. The molecule has 1 amide bonds. The van der Waals surface area contributed by atoms with Gasteiger partial charge in [-0.2, -0.15) is 0 Å². The van der Waals surface area contributed by atoms with E-state index in [1.54, 1.807) is 11.3 Å². The van der Waals surface area contributed by atoms with Gasteiger partial charge in [-0.15, -0.1) is 11.3 Å². The molecule has 5 heteroatoms. The van der Waals surface area contributed by atoms with E-state index in [4.69, 9.17) is 4.74 Å². The Hall–Kier alpha value is -1.72. The van der Waals surface area contributed by atoms with Gasteiger partial charge in [0.1, 0.15) is 0 Å². The molecule has 2 aromatic rings. The lowest BCUT2D eigenvalue weighted by Gasteiger charge is -2.33. The van der Waals surface area contributed by atoms with Gasteiger partial charge >= 0.3 is 0 Å². The smallest absolute Gasteiger partial charge is 0.227 e. The standard InChI is InChI=1S/C19H24N2O2S/c1-15(13-23-14-16-6-3-2-4-7-16)19(22)21-10-5-8-17(12-21)18-20-9-11-24-18/h2-4,6-7,9,11,15,17H,5,8,10,12-14H2,1H3/t15-,17-/m0/s1. The van der Waals surface area contributed by atoms with E-state index >= 15 is 0 Å². The first-order valence-electron chi connectivity index (χ1n) is 8.54. The summed E-state index contributed by atoms with van der Waals surface area (Å²) in [7, 11) is 0. The minimum absolute atomic E-state index is 0.108. The molecule has 128 valence electrons. The van der Waals surface area contributed by atoms with Gasteiger partial charge in [-0.1, -0.05) is 37.3 Å². The van der Waals surface area contributed by atoms with E-state index in [0.717, 1.165) is 36.5 Å². The predicted molar refractivity (Wildman–Crippen MR) is 95.9 cm³/mol. The highest BCUT2D eigenvalue weighted by Gasteiger charge is 2.28. The van der Waals surface area contributed by atoms with Crippen molar-refractivity contribution in [3.63, 3.8) is 0 Å². The van der Waals surface area contributed by atoms with Gasteiger partial charge in [-0.05, 0) is 18.4 Å². The zero-order valence-electron chi connectivity index (χ0n) is 14.1. The number of likely N-dealkylation sites (tertiary alicyclic amines) is 1. The monoisotopic (exact) mass is 344 g/mol. The van der Waals surface area contributed by atoms with Crippen LogP contribution >= 0.6 is 11.3 Å². The maximum absolute atomic E-state index is 12.7. The van der Waals surface area contributed by atoms with Crippen LogP contribution in [0.15, 0.2) is 41.9 Å². The topological polar surface area (TPSA) is 42.4 Å². The molecular weight excluding hydrogens is 320 g/mol. The molecule has 0 bridgehead atoms. The van der Waals surface area contributed by atoms with Gasteiger partial charge in [-0.25, -0.2) is 4.98 Å². The average molecular weight is 344 g/mol. The molecule has 2 atom stereocenters. The van der Waals surface area contributed by atoms with E-state index in [0.29, 0.717) is 19.1 Å². The maximum atomic E-state index is 12.7. The van der Waals surface area contributed by atoms with Gasteiger partial charge in [0.25, 0.3) is 0 Å². The molecule has 0 radical (unpaired) electrons. The van der Waals surface area contributed by atoms with Crippen molar-refractivity contribution in [3.8, 4) is 0 Å². The van der Waals surface area contributed by atoms with Gasteiger partial charge in [0, 0.05) is 30.6 Å². The average Bonchev–Trinajstić information content (AvgIpc) is 3.17. The van der Waals surface area contributed by atoms with E-state index in [1.165, 1.54) is 0 Å². The van der Waals surface area contributed by atoms with Crippen molar-refractivity contribution in [2.24, 2.45) is 5.92 Å². The Kier molecular flexibility index (Phi) is 5.99. The first-order valence-corrected chi connectivity index (χ1v) is 9.42. The van der Waals surface area contributed by atoms with Crippen LogP contribution in [0.3, 0.4) is 0 Å². The number of rotatable bonds is 6. The Balaban J connectivity index is 1.48. The fourth-order valence-electron chi connectivity index (χ4n) is 3.13. The van der Waals surface area contributed by atoms with Crippen molar-refractivity contribution in [1.82, 2.24) is 9.88 Å². The van der Waals surface area contributed by atoms with Crippen LogP contribution in [0.4, 0.5) is 0 Å². The number of ether oxygens (including phenoxy) is 1. The third-order valence-electron chi connectivity index (χ3n) is 4.43. The molecule has 1 aromatic heterocycles. The number of hydrogen-bond acceptors (Lipinski definition) is 4. The first kappa shape index (κ1) is 17.1. The lowest BCUT2D eigenvalue weighted by Crippen LogP contribution is -2.42. The second-order valence-corrected chi connectivity index (χ2v) is 7.32. The summed E-state index contributed by atoms with van der Waals surface area (Å²) >= 11 is 1.69. The zero-order valence-corrected chi connectivity index (χ0v) is 14.9. The van der Waals surface area contributed by atoms with Gasteiger partial charge in [-0.3, -0.25) is 4.79 Å². The first-order chi connectivity index (χ1) is 11.7. The molecule has 4 nitrogen and oxygen atoms in total. The SMILES string of the molecule is C[C@@H](COCc1ccccc1)C(=O)N1CCC[C@H](c2nccs2)C1. The zero-order chi connectivity index (χ0) is 16.8. The van der Waals surface area contributed by atoms with Crippen molar-refractivity contribution < 1.29 is 9.53 Å². The van der Waals surface area contributed by atoms with Crippen molar-refractivity contribution >= 4 is 17.2 Å². The van der Waals surface area contributed by atoms with Crippen molar-refractivity contribution in [2.75, 3.05) is 19.7 Å². The fourth-order valence-corrected chi connectivity index (χ4v) is 3.89. The van der Waals surface area contributed by atoms with E-state index in [2.05, 4.69) is 4.98 Å². The second kappa shape index (κ2) is 8.40. The molecule has 1 fully saturated rings. The molecule has 0 aliphatic carbocycles. The second-order valence-electron chi connectivity index (χ2n) is 6.40. The van der Waals surface area contributed by atoms with Crippen LogP contribution in [0.5, 0.6) is 0 Å². The van der Waals surface area contributed by atoms with Gasteiger partial charge in [0.15, 0.2) is 0 Å². The summed E-state index contributed by atoms with van der Waals surface area (Å²) in [6.45, 7) is 4.62. The van der Waals surface area contributed by atoms with E-state index in [9.17, 15) is 4.79 Å². The Morgan fingerprint density at radius 3 is 3.00 bits per heavy atom. The molecule has 1 aliphatic rings. The molecular formula is C19H24N2O2S. The summed E-state index contributed by atoms with van der Waals surface area (Å²) in [6, 6.07) is 10.1. The van der Waals surface area contributed by atoms with Crippen LogP contribution in [0.2, 0.25) is 0 Å². The number of carbonyl (C=O) groups excluding carboxylic acids is 1. The van der Waals surface area contributed by atoms with E-state index < -0.39 is 0 Å². The minimum atomic E-state index is -0.108. The third-order valence-corrected chi connectivity index (χ3v) is 5.37. The van der Waals surface area contributed by atoms with Crippen LogP contribution in [0, 0.1) is 5.92 Å². The highest BCUT2D eigenvalue weighted by atomic mass is 32.1. The lowest BCUT2D eigenvalue weighted by atomic mass is 9.97. The molecule has 0 spiro atoms. The highest BCUT2D eigenvalue weighted by Crippen LogP contribution is 2.28. The number of benzene rings is 1. The number of thiazole rings is 1. The lowest BCUT2D eigenvalue weighted by molar-refractivity contribution is -0.138. The van der Waals surface area contributed by atoms with Crippen LogP contribution in [0.25, 0.3) is 0 Å². The Bertz CT molecular complexity index is 630. The van der Waals surface area contributed by atoms with Crippen molar-refractivity contribution in [2.45, 2.75) is 32.3 Å². The van der Waals surface area contributed by atoms with Gasteiger partial charge < -0.3 is 9.64 Å². The molecule has 3 rings (SSSR count). The minimum Gasteiger partial charge on any atom is -0.376 e. The summed E-state index contributed by atoms with van der Waals surface area (Å²) in [6.07, 6.45) is 4.02. The van der Waals surface area contributed by atoms with Crippen molar-refractivity contribution in [1.29, 1.82) is 0 Å². The molecule has 1 aromatic carbocycles. The Labute approximate surface area is 147 Å². The molecule has 2 heterocycles. The van der Waals surface area contributed by atoms with Crippen LogP contribution in [0.1, 0.15) is 36.3 Å². The normalized spacial score (nSPS) is 19.2. The Morgan fingerprint density at radius 2 is 2.25 bits per heavy atom. The largest absolute Gasteiger partial charge is 0.376 e. The summed E-state index contributed by atoms with van der Waals surface area (Å²) in [4.78, 5) is 19.1. The molecule has 0 saturated carbocycles. The molecule has 1 saturated heterocycles. The van der Waals surface area contributed by atoms with Gasteiger partial charge in [0.05, 0.1) is 24.1 Å². The molecule has 0 N–H and O–H groups in total. The summed E-state index contributed by atoms with van der Waals surface area (Å²) < 4.78 is 5.73. The number of hydrogen-bond donors (Lipinski definition) is 0. The summed E-state index contributed by atoms with van der Waals surface area (Å²) in [5, 5.41) is 3.16. The highest BCUT2D eigenvalue weighted by molar-refractivity contribution is 7.09. The number of piperidine rings is 1. The number of nitrogens with zero attached hydrogens (tertiary/aromatic N) is 2. The van der Waals surface area contributed by atoms with Crippen molar-refractivity contribution in [3.05, 3.63) is 52.5 Å². The maximum Gasteiger partial charge on any atom is 0.227 e. The molecule has 1 aliphatic heterocycles. The molecule has 0 unspecified atom stereocenters.